The van der Waals surface area contributed by atoms with E-state index in [4.69, 9.17) is 5.73 Å². The van der Waals surface area contributed by atoms with E-state index >= 15 is 0 Å². The van der Waals surface area contributed by atoms with Crippen LogP contribution >= 0.6 is 36.2 Å². The molecule has 6 heteroatoms. The Kier molecular flexibility index (Phi) is 4.40. The van der Waals surface area contributed by atoms with E-state index in [9.17, 15) is 0 Å². The highest BCUT2D eigenvalue weighted by molar-refractivity contribution is 7.15. The fourth-order valence-corrected chi connectivity index (χ4v) is 2.22. The van der Waals surface area contributed by atoms with Gasteiger partial charge in [-0.25, -0.2) is 4.98 Å². The molecule has 0 saturated heterocycles. The van der Waals surface area contributed by atoms with Crippen LogP contribution in [0.3, 0.4) is 0 Å². The summed E-state index contributed by atoms with van der Waals surface area (Å²) in [5.74, 6) is 0. The predicted molar refractivity (Wildman–Crippen MR) is 77.4 cm³/mol. The van der Waals surface area contributed by atoms with Gasteiger partial charge in [0.1, 0.15) is 0 Å². The summed E-state index contributed by atoms with van der Waals surface area (Å²) in [5, 5.41) is 2.02. The van der Waals surface area contributed by atoms with Gasteiger partial charge in [0, 0.05) is 29.0 Å². The number of aromatic nitrogens is 2. The minimum absolute atomic E-state index is 0. The van der Waals surface area contributed by atoms with Crippen molar-refractivity contribution in [3.05, 3.63) is 42.0 Å². The van der Waals surface area contributed by atoms with Crippen LogP contribution in [0.15, 0.2) is 42.0 Å². The highest BCUT2D eigenvalue weighted by Crippen LogP contribution is 2.22. The molecule has 90 valence electrons. The van der Waals surface area contributed by atoms with Gasteiger partial charge in [-0.1, -0.05) is 12.1 Å². The summed E-state index contributed by atoms with van der Waals surface area (Å²) < 4.78 is 2.02. The van der Waals surface area contributed by atoms with Crippen molar-refractivity contribution in [2.45, 2.75) is 0 Å². The number of hydrogen-bond acceptors (Lipinski definition) is 3. The second kappa shape index (κ2) is 5.40. The first kappa shape index (κ1) is 13.8. The van der Waals surface area contributed by atoms with Crippen LogP contribution in [0.1, 0.15) is 0 Å². The van der Waals surface area contributed by atoms with E-state index in [0.717, 1.165) is 21.9 Å². The standard InChI is InChI=1S/C11H9N3S.2ClH/c12-9-3-1-8(2-4-9)10-7-14-5-6-15-11(14)13-10;;/h1-7H,12H2;2*1H. The summed E-state index contributed by atoms with van der Waals surface area (Å²) in [6.07, 6.45) is 4.03. The molecule has 3 rings (SSSR count). The Bertz CT molecular complexity index is 572. The first-order chi connectivity index (χ1) is 7.33. The third-order valence-electron chi connectivity index (χ3n) is 2.30. The summed E-state index contributed by atoms with van der Waals surface area (Å²) in [7, 11) is 0. The zero-order valence-corrected chi connectivity index (χ0v) is 11.2. The highest BCUT2D eigenvalue weighted by Gasteiger charge is 2.04. The summed E-state index contributed by atoms with van der Waals surface area (Å²) in [6, 6.07) is 7.76. The molecule has 2 aromatic heterocycles. The number of anilines is 1. The second-order valence-corrected chi connectivity index (χ2v) is 4.21. The zero-order chi connectivity index (χ0) is 10.3. The maximum Gasteiger partial charge on any atom is 0.194 e. The van der Waals surface area contributed by atoms with Gasteiger partial charge < -0.3 is 5.73 Å². The van der Waals surface area contributed by atoms with Gasteiger partial charge in [0.25, 0.3) is 0 Å². The van der Waals surface area contributed by atoms with Gasteiger partial charge >= 0.3 is 0 Å². The molecule has 0 bridgehead atoms. The van der Waals surface area contributed by atoms with Gasteiger partial charge in [0.05, 0.1) is 5.69 Å². The fraction of sp³-hybridized carbons (Fsp3) is 0. The number of nitrogens with zero attached hydrogens (tertiary/aromatic N) is 2. The van der Waals surface area contributed by atoms with Gasteiger partial charge in [-0.2, -0.15) is 0 Å². The number of rotatable bonds is 1. The van der Waals surface area contributed by atoms with Crippen molar-refractivity contribution < 1.29 is 0 Å². The lowest BCUT2D eigenvalue weighted by Gasteiger charge is -1.96. The molecule has 0 aliphatic rings. The SMILES string of the molecule is Cl.Cl.Nc1ccc(-c2cn3ccsc3n2)cc1. The lowest BCUT2D eigenvalue weighted by atomic mass is 10.1. The quantitative estimate of drug-likeness (QED) is 0.696. The number of thiazole rings is 1. The molecule has 0 amide bonds. The number of nitrogens with two attached hydrogens (primary N) is 1. The van der Waals surface area contributed by atoms with Crippen LogP contribution < -0.4 is 5.73 Å². The van der Waals surface area contributed by atoms with Crippen LogP contribution in [0.25, 0.3) is 16.2 Å². The molecule has 3 nitrogen and oxygen atoms in total. The Hall–Kier alpha value is -1.23. The molecule has 0 unspecified atom stereocenters. The van der Waals surface area contributed by atoms with Crippen LogP contribution in [0, 0.1) is 0 Å². The molecule has 0 aliphatic carbocycles. The average Bonchev–Trinajstić information content (AvgIpc) is 2.78. The van der Waals surface area contributed by atoms with Gasteiger partial charge in [0.15, 0.2) is 4.96 Å². The average molecular weight is 288 g/mol. The molecule has 2 heterocycles. The molecular weight excluding hydrogens is 277 g/mol. The molecule has 0 aliphatic heterocycles. The van der Waals surface area contributed by atoms with Crippen molar-refractivity contribution in [3.8, 4) is 11.3 Å². The van der Waals surface area contributed by atoms with E-state index in [1.165, 1.54) is 0 Å². The minimum Gasteiger partial charge on any atom is -0.399 e. The van der Waals surface area contributed by atoms with E-state index < -0.39 is 0 Å². The van der Waals surface area contributed by atoms with Crippen LogP contribution in [0.5, 0.6) is 0 Å². The van der Waals surface area contributed by atoms with Gasteiger partial charge in [-0.05, 0) is 12.1 Å². The number of benzene rings is 1. The summed E-state index contributed by atoms with van der Waals surface area (Å²) in [5.41, 5.74) is 8.50. The molecule has 0 saturated carbocycles. The lowest BCUT2D eigenvalue weighted by molar-refractivity contribution is 1.23. The van der Waals surface area contributed by atoms with E-state index in [-0.39, 0.29) is 24.8 Å². The topological polar surface area (TPSA) is 43.3 Å². The van der Waals surface area contributed by atoms with Crippen molar-refractivity contribution >= 4 is 46.8 Å². The van der Waals surface area contributed by atoms with Crippen LogP contribution in [0.2, 0.25) is 0 Å². The molecule has 3 aromatic rings. The molecule has 1 aromatic carbocycles. The first-order valence-corrected chi connectivity index (χ1v) is 5.49. The molecule has 0 atom stereocenters. The smallest absolute Gasteiger partial charge is 0.194 e. The highest BCUT2D eigenvalue weighted by atomic mass is 35.5. The normalized spacial score (nSPS) is 9.65. The Labute approximate surface area is 115 Å². The number of hydrogen-bond donors (Lipinski definition) is 1. The maximum atomic E-state index is 5.64. The number of halogens is 2. The van der Waals surface area contributed by atoms with Gasteiger partial charge in [0.2, 0.25) is 0 Å². The van der Waals surface area contributed by atoms with Crippen molar-refractivity contribution in [2.24, 2.45) is 0 Å². The van der Waals surface area contributed by atoms with E-state index in [2.05, 4.69) is 4.98 Å². The van der Waals surface area contributed by atoms with Crippen LogP contribution in [-0.4, -0.2) is 9.38 Å². The van der Waals surface area contributed by atoms with E-state index in [1.807, 2.05) is 46.4 Å². The fourth-order valence-electron chi connectivity index (χ4n) is 1.52. The molecular formula is C11H11Cl2N3S. The van der Waals surface area contributed by atoms with Gasteiger partial charge in [-0.3, -0.25) is 4.40 Å². The third kappa shape index (κ3) is 2.54. The summed E-state index contributed by atoms with van der Waals surface area (Å²) in [6.45, 7) is 0. The maximum absolute atomic E-state index is 5.64. The van der Waals surface area contributed by atoms with Crippen molar-refractivity contribution in [1.82, 2.24) is 9.38 Å². The molecule has 2 N–H and O–H groups in total. The monoisotopic (exact) mass is 287 g/mol. The van der Waals surface area contributed by atoms with Crippen LogP contribution in [0.4, 0.5) is 5.69 Å². The van der Waals surface area contributed by atoms with Crippen molar-refractivity contribution in [2.75, 3.05) is 5.73 Å². The lowest BCUT2D eigenvalue weighted by Crippen LogP contribution is -1.83. The Morgan fingerprint density at radius 3 is 2.47 bits per heavy atom. The molecule has 17 heavy (non-hydrogen) atoms. The second-order valence-electron chi connectivity index (χ2n) is 3.34. The Morgan fingerprint density at radius 2 is 1.82 bits per heavy atom. The molecule has 0 fully saturated rings. The summed E-state index contributed by atoms with van der Waals surface area (Å²) >= 11 is 1.63. The number of nitrogen functional groups attached to an aromatic ring is 1. The molecule has 0 radical (unpaired) electrons. The Morgan fingerprint density at radius 1 is 1.12 bits per heavy atom. The third-order valence-corrected chi connectivity index (χ3v) is 3.07. The van der Waals surface area contributed by atoms with E-state index in [0.29, 0.717) is 0 Å². The molecule has 0 spiro atoms. The first-order valence-electron chi connectivity index (χ1n) is 4.61. The Balaban J connectivity index is 0.000000722. The zero-order valence-electron chi connectivity index (χ0n) is 8.74. The van der Waals surface area contributed by atoms with Gasteiger partial charge in [-0.15, -0.1) is 36.2 Å². The van der Waals surface area contributed by atoms with Crippen molar-refractivity contribution in [1.29, 1.82) is 0 Å². The van der Waals surface area contributed by atoms with E-state index in [1.54, 1.807) is 11.3 Å². The largest absolute Gasteiger partial charge is 0.399 e. The van der Waals surface area contributed by atoms with Crippen LogP contribution in [-0.2, 0) is 0 Å². The predicted octanol–water partition coefficient (Wildman–Crippen LogP) is 3.49. The summed E-state index contributed by atoms with van der Waals surface area (Å²) in [4.78, 5) is 5.53. The van der Waals surface area contributed by atoms with Crippen molar-refractivity contribution in [3.63, 3.8) is 0 Å². The number of imidazole rings is 1. The minimum atomic E-state index is 0. The number of fused-ring (bicyclic) bond motifs is 1.